The lowest BCUT2D eigenvalue weighted by Crippen LogP contribution is -2.38. The van der Waals surface area contributed by atoms with E-state index in [1.54, 1.807) is 12.3 Å². The number of pyridine rings is 1. The first-order valence-corrected chi connectivity index (χ1v) is 12.8. The number of hydrogen-bond donors (Lipinski definition) is 2. The quantitative estimate of drug-likeness (QED) is 0.348. The summed E-state index contributed by atoms with van der Waals surface area (Å²) in [4.78, 5) is 30.8. The Balaban J connectivity index is 1.36. The lowest BCUT2D eigenvalue weighted by Gasteiger charge is -2.27. The second kappa shape index (κ2) is 10.7. The van der Waals surface area contributed by atoms with Gasteiger partial charge >= 0.3 is 5.97 Å². The SMILES string of the molecule is CN(C)c1cc(-c2ccc(Cn3ccc4c(F)ccc(C(=O)NC5CCC(C(=O)O)CC5)c43)cc2)ccn1. The molecule has 0 bridgehead atoms. The highest BCUT2D eigenvalue weighted by Gasteiger charge is 2.27. The maximum absolute atomic E-state index is 14.7. The van der Waals surface area contributed by atoms with E-state index in [4.69, 9.17) is 0 Å². The molecule has 38 heavy (non-hydrogen) atoms. The molecule has 5 rings (SSSR count). The van der Waals surface area contributed by atoms with Gasteiger partial charge < -0.3 is 19.9 Å². The van der Waals surface area contributed by atoms with Crippen molar-refractivity contribution in [3.63, 3.8) is 0 Å². The molecule has 0 spiro atoms. The number of carbonyl (C=O) groups is 2. The minimum Gasteiger partial charge on any atom is -0.481 e. The average molecular weight is 515 g/mol. The summed E-state index contributed by atoms with van der Waals surface area (Å²) in [5, 5.41) is 12.7. The summed E-state index contributed by atoms with van der Waals surface area (Å²) in [5.74, 6) is -0.883. The first-order chi connectivity index (χ1) is 18.3. The summed E-state index contributed by atoms with van der Waals surface area (Å²) < 4.78 is 16.6. The van der Waals surface area contributed by atoms with E-state index in [9.17, 15) is 19.1 Å². The fourth-order valence-electron chi connectivity index (χ4n) is 5.20. The van der Waals surface area contributed by atoms with Crippen molar-refractivity contribution < 1.29 is 19.1 Å². The van der Waals surface area contributed by atoms with Gasteiger partial charge in [0.15, 0.2) is 0 Å². The Bertz CT molecular complexity index is 1470. The summed E-state index contributed by atoms with van der Waals surface area (Å²) in [5.41, 5.74) is 4.13. The molecule has 1 aliphatic rings. The number of carboxylic acids is 1. The predicted molar refractivity (Wildman–Crippen MR) is 146 cm³/mol. The number of halogens is 1. The molecule has 7 nitrogen and oxygen atoms in total. The largest absolute Gasteiger partial charge is 0.481 e. The number of hydrogen-bond acceptors (Lipinski definition) is 4. The van der Waals surface area contributed by atoms with E-state index >= 15 is 0 Å². The van der Waals surface area contributed by atoms with Crippen molar-refractivity contribution in [2.75, 3.05) is 19.0 Å². The van der Waals surface area contributed by atoms with Crippen LogP contribution in [0.4, 0.5) is 10.2 Å². The van der Waals surface area contributed by atoms with Crippen LogP contribution in [0.15, 0.2) is 67.0 Å². The van der Waals surface area contributed by atoms with Crippen molar-refractivity contribution in [3.05, 3.63) is 83.9 Å². The van der Waals surface area contributed by atoms with Crippen molar-refractivity contribution in [3.8, 4) is 11.1 Å². The summed E-state index contributed by atoms with van der Waals surface area (Å²) in [6.45, 7) is 0.483. The molecule has 8 heteroatoms. The Kier molecular flexibility index (Phi) is 7.13. The maximum atomic E-state index is 14.7. The molecule has 0 saturated heterocycles. The Morgan fingerprint density at radius 1 is 1.03 bits per heavy atom. The zero-order valence-electron chi connectivity index (χ0n) is 21.5. The molecular formula is C30H31FN4O3. The van der Waals surface area contributed by atoms with Crippen LogP contribution >= 0.6 is 0 Å². The number of benzene rings is 2. The molecule has 0 aliphatic heterocycles. The summed E-state index contributed by atoms with van der Waals surface area (Å²) in [7, 11) is 3.91. The first kappa shape index (κ1) is 25.4. The van der Waals surface area contributed by atoms with Crippen LogP contribution in [-0.4, -0.2) is 46.7 Å². The molecule has 1 amide bonds. The van der Waals surface area contributed by atoms with Crippen LogP contribution in [0.3, 0.4) is 0 Å². The highest BCUT2D eigenvalue weighted by Crippen LogP contribution is 2.28. The highest BCUT2D eigenvalue weighted by atomic mass is 19.1. The molecule has 2 heterocycles. The third kappa shape index (κ3) is 5.25. The Labute approximate surface area is 220 Å². The molecule has 0 unspecified atom stereocenters. The monoisotopic (exact) mass is 514 g/mol. The minimum absolute atomic E-state index is 0.0876. The molecule has 0 atom stereocenters. The maximum Gasteiger partial charge on any atom is 0.306 e. The van der Waals surface area contributed by atoms with Gasteiger partial charge in [-0.2, -0.15) is 0 Å². The predicted octanol–water partition coefficient (Wildman–Crippen LogP) is 5.33. The average Bonchev–Trinajstić information content (AvgIpc) is 3.34. The van der Waals surface area contributed by atoms with Gasteiger partial charge in [-0.05, 0) is 72.7 Å². The fourth-order valence-corrected chi connectivity index (χ4v) is 5.20. The smallest absolute Gasteiger partial charge is 0.306 e. The zero-order chi connectivity index (χ0) is 26.8. The molecule has 2 aromatic heterocycles. The van der Waals surface area contributed by atoms with Crippen LogP contribution in [0.25, 0.3) is 22.0 Å². The van der Waals surface area contributed by atoms with Gasteiger partial charge in [0, 0.05) is 44.5 Å². The van der Waals surface area contributed by atoms with Gasteiger partial charge in [0.1, 0.15) is 11.6 Å². The molecule has 1 saturated carbocycles. The number of aromatic nitrogens is 2. The normalized spacial score (nSPS) is 17.3. The molecule has 2 aromatic carbocycles. The van der Waals surface area contributed by atoms with E-state index in [1.807, 2.05) is 54.0 Å². The lowest BCUT2D eigenvalue weighted by atomic mass is 9.86. The lowest BCUT2D eigenvalue weighted by molar-refractivity contribution is -0.142. The van der Waals surface area contributed by atoms with Crippen LogP contribution in [0, 0.1) is 11.7 Å². The van der Waals surface area contributed by atoms with Gasteiger partial charge in [0.2, 0.25) is 0 Å². The van der Waals surface area contributed by atoms with Crippen molar-refractivity contribution in [2.45, 2.75) is 38.3 Å². The van der Waals surface area contributed by atoms with Crippen LogP contribution in [0.2, 0.25) is 0 Å². The summed E-state index contributed by atoms with van der Waals surface area (Å²) in [6, 6.07) is 16.7. The molecule has 2 N–H and O–H groups in total. The van der Waals surface area contributed by atoms with Crippen molar-refractivity contribution in [1.29, 1.82) is 0 Å². The zero-order valence-corrected chi connectivity index (χ0v) is 21.5. The molecule has 1 aliphatic carbocycles. The third-order valence-electron chi connectivity index (χ3n) is 7.37. The van der Waals surface area contributed by atoms with E-state index in [1.165, 1.54) is 12.1 Å². The van der Waals surface area contributed by atoms with Gasteiger partial charge in [-0.25, -0.2) is 9.37 Å². The van der Waals surface area contributed by atoms with E-state index in [-0.39, 0.29) is 23.7 Å². The highest BCUT2D eigenvalue weighted by molar-refractivity contribution is 6.06. The van der Waals surface area contributed by atoms with Crippen LogP contribution in [0.1, 0.15) is 41.6 Å². The van der Waals surface area contributed by atoms with Crippen LogP contribution in [0.5, 0.6) is 0 Å². The van der Waals surface area contributed by atoms with E-state index in [0.717, 1.165) is 22.5 Å². The van der Waals surface area contributed by atoms with Crippen molar-refractivity contribution in [2.24, 2.45) is 5.92 Å². The van der Waals surface area contributed by atoms with E-state index < -0.39 is 5.97 Å². The van der Waals surface area contributed by atoms with Gasteiger partial charge in [-0.3, -0.25) is 9.59 Å². The summed E-state index contributed by atoms with van der Waals surface area (Å²) >= 11 is 0. The van der Waals surface area contributed by atoms with Crippen LogP contribution < -0.4 is 10.2 Å². The number of nitrogens with zero attached hydrogens (tertiary/aromatic N) is 3. The molecule has 196 valence electrons. The molecular weight excluding hydrogens is 483 g/mol. The molecule has 1 fully saturated rings. The fraction of sp³-hybridized carbons (Fsp3) is 0.300. The number of aliphatic carboxylic acids is 1. The minimum atomic E-state index is -0.778. The molecule has 4 aromatic rings. The Morgan fingerprint density at radius 3 is 2.45 bits per heavy atom. The molecule has 0 radical (unpaired) electrons. The number of amides is 1. The van der Waals surface area contributed by atoms with Crippen LogP contribution in [-0.2, 0) is 11.3 Å². The number of nitrogens with one attached hydrogen (secondary N) is 1. The third-order valence-corrected chi connectivity index (χ3v) is 7.37. The van der Waals surface area contributed by atoms with E-state index in [2.05, 4.69) is 22.4 Å². The number of rotatable bonds is 7. The second-order valence-electron chi connectivity index (χ2n) is 10.2. The number of anilines is 1. The number of carboxylic acid groups (broad SMARTS) is 1. The first-order valence-electron chi connectivity index (χ1n) is 12.8. The van der Waals surface area contributed by atoms with Gasteiger partial charge in [-0.15, -0.1) is 0 Å². The second-order valence-corrected chi connectivity index (χ2v) is 10.2. The van der Waals surface area contributed by atoms with Crippen molar-refractivity contribution in [1.82, 2.24) is 14.9 Å². The number of carbonyl (C=O) groups excluding carboxylic acids is 1. The van der Waals surface area contributed by atoms with E-state index in [0.29, 0.717) is 48.7 Å². The summed E-state index contributed by atoms with van der Waals surface area (Å²) in [6.07, 6.45) is 5.93. The van der Waals surface area contributed by atoms with Crippen molar-refractivity contribution >= 4 is 28.6 Å². The standard InChI is InChI=1S/C30H31FN4O3/c1-34(2)27-17-22(13-15-32-27)20-5-3-19(4-6-20)18-35-16-14-24-26(31)12-11-25(28(24)35)29(36)33-23-9-7-21(8-10-23)30(37)38/h3-6,11-17,21,23H,7-10,18H2,1-2H3,(H,33,36)(H,37,38). The van der Waals surface area contributed by atoms with Gasteiger partial charge in [0.05, 0.1) is 17.0 Å². The Hall–Kier alpha value is -4.20. The van der Waals surface area contributed by atoms with Gasteiger partial charge in [0.25, 0.3) is 5.91 Å². The topological polar surface area (TPSA) is 87.5 Å². The Morgan fingerprint density at radius 2 is 1.76 bits per heavy atom. The number of fused-ring (bicyclic) bond motifs is 1. The van der Waals surface area contributed by atoms with Gasteiger partial charge in [-0.1, -0.05) is 24.3 Å².